The van der Waals surface area contributed by atoms with Crippen LogP contribution in [0, 0.1) is 0 Å². The average Bonchev–Trinajstić information content (AvgIpc) is 3.01. The van der Waals surface area contributed by atoms with E-state index in [-0.39, 0.29) is 9.79 Å². The number of hydrogen-bond acceptors (Lipinski definition) is 6. The molecule has 0 aliphatic carbocycles. The van der Waals surface area contributed by atoms with Crippen molar-refractivity contribution >= 4 is 77.9 Å². The van der Waals surface area contributed by atoms with Crippen LogP contribution in [0.1, 0.15) is 0 Å². The van der Waals surface area contributed by atoms with Gasteiger partial charge in [-0.3, -0.25) is 0 Å². The predicted molar refractivity (Wildman–Crippen MR) is 130 cm³/mol. The van der Waals surface area contributed by atoms with Gasteiger partial charge in [0.1, 0.15) is 0 Å². The number of guanidine groups is 2. The molecule has 0 atom stereocenters. The number of benzene rings is 2. The number of halogens is 2. The Bertz CT molecular complexity index is 1250. The van der Waals surface area contributed by atoms with E-state index in [9.17, 15) is 16.8 Å². The van der Waals surface area contributed by atoms with Crippen LogP contribution in [0.2, 0.25) is 0 Å². The summed E-state index contributed by atoms with van der Waals surface area (Å²) in [5.74, 6) is -1.16. The number of anilines is 2. The van der Waals surface area contributed by atoms with Crippen LogP contribution in [0.3, 0.4) is 0 Å². The second kappa shape index (κ2) is 9.09. The summed E-state index contributed by atoms with van der Waals surface area (Å²) in [5.41, 5.74) is 21.7. The maximum absolute atomic E-state index is 12.1. The summed E-state index contributed by atoms with van der Waals surface area (Å²) >= 11 is -4.28. The molecule has 2 aromatic carbocycles. The maximum atomic E-state index is 12.1. The molecule has 0 radical (unpaired) electrons. The van der Waals surface area contributed by atoms with Gasteiger partial charge in [0.05, 0.1) is 0 Å². The van der Waals surface area contributed by atoms with E-state index in [1.807, 2.05) is 0 Å². The summed E-state index contributed by atoms with van der Waals surface area (Å²) in [6, 6.07) is 11.4. The van der Waals surface area contributed by atoms with Crippen molar-refractivity contribution in [3.8, 4) is 0 Å². The normalized spacial score (nSPS) is 15.3. The molecule has 12 nitrogen and oxygen atoms in total. The van der Waals surface area contributed by atoms with Gasteiger partial charge in [-0.1, -0.05) is 0 Å². The minimum atomic E-state index is -4.28. The number of sulfonamides is 2. The second-order valence-corrected chi connectivity index (χ2v) is 23.8. The Morgan fingerprint density at radius 3 is 1.24 bits per heavy atom. The first-order chi connectivity index (χ1) is 15.2. The van der Waals surface area contributed by atoms with Gasteiger partial charge in [0, 0.05) is 0 Å². The van der Waals surface area contributed by atoms with Crippen molar-refractivity contribution in [2.24, 2.45) is 31.7 Å². The van der Waals surface area contributed by atoms with Gasteiger partial charge in [0.2, 0.25) is 0 Å². The SMILES string of the molecule is NC(N)=NS(=O)(=O)c1ccc([N]2C=C[N](c3ccc(S(=O)(=O)N=C(N)N)cc3)[Sn]2([Cl])[Cl])cc1. The molecule has 0 unspecified atom stereocenters. The molecule has 1 aliphatic rings. The zero-order chi connectivity index (χ0) is 24.6. The van der Waals surface area contributed by atoms with E-state index in [2.05, 4.69) is 8.80 Å². The molecule has 0 fully saturated rings. The van der Waals surface area contributed by atoms with Gasteiger partial charge in [-0.15, -0.1) is 0 Å². The summed E-state index contributed by atoms with van der Waals surface area (Å²) in [7, 11) is 5.49. The Balaban J connectivity index is 1.86. The van der Waals surface area contributed by atoms with Crippen LogP contribution >= 0.6 is 17.8 Å². The molecule has 17 heteroatoms. The van der Waals surface area contributed by atoms with E-state index in [0.29, 0.717) is 11.4 Å². The molecule has 33 heavy (non-hydrogen) atoms. The fourth-order valence-electron chi connectivity index (χ4n) is 2.85. The molecule has 0 aromatic heterocycles. The third kappa shape index (κ3) is 5.40. The van der Waals surface area contributed by atoms with Gasteiger partial charge in [0.25, 0.3) is 0 Å². The molecule has 2 aromatic rings. The van der Waals surface area contributed by atoms with Crippen LogP contribution in [0.4, 0.5) is 11.4 Å². The molecule has 1 aliphatic heterocycles. The molecule has 0 saturated carbocycles. The zero-order valence-corrected chi connectivity index (χ0v) is 22.6. The van der Waals surface area contributed by atoms with Crippen LogP contribution in [0.15, 0.2) is 79.5 Å². The van der Waals surface area contributed by atoms with Crippen molar-refractivity contribution < 1.29 is 16.8 Å². The first-order valence-electron chi connectivity index (χ1n) is 8.81. The van der Waals surface area contributed by atoms with Crippen molar-refractivity contribution in [3.05, 3.63) is 60.9 Å². The van der Waals surface area contributed by atoms with Gasteiger partial charge in [-0.2, -0.15) is 0 Å². The molecule has 176 valence electrons. The number of rotatable bonds is 6. The first kappa shape index (κ1) is 25.2. The van der Waals surface area contributed by atoms with Crippen molar-refractivity contribution in [3.63, 3.8) is 0 Å². The molecule has 8 N–H and O–H groups in total. The molecular formula is C16H18Cl2N8O4S2Sn. The summed E-state index contributed by atoms with van der Waals surface area (Å²) in [4.78, 5) is -0.218. The average molecular weight is 640 g/mol. The monoisotopic (exact) mass is 640 g/mol. The minimum absolute atomic E-state index is 0.109. The van der Waals surface area contributed by atoms with E-state index in [0.717, 1.165) is 0 Å². The third-order valence-electron chi connectivity index (χ3n) is 4.22. The summed E-state index contributed by atoms with van der Waals surface area (Å²) < 4.78 is 58.2. The predicted octanol–water partition coefficient (Wildman–Crippen LogP) is 0.322. The van der Waals surface area contributed by atoms with Crippen molar-refractivity contribution in [1.82, 2.24) is 0 Å². The van der Waals surface area contributed by atoms with E-state index in [1.54, 1.807) is 18.6 Å². The molecule has 1 heterocycles. The Kier molecular flexibility index (Phi) is 6.95. The van der Waals surface area contributed by atoms with E-state index >= 15 is 0 Å². The van der Waals surface area contributed by atoms with Gasteiger partial charge in [0.15, 0.2) is 0 Å². The fourth-order valence-corrected chi connectivity index (χ4v) is 13.4. The zero-order valence-electron chi connectivity index (χ0n) is 16.6. The number of nitrogens with two attached hydrogens (primary N) is 4. The van der Waals surface area contributed by atoms with Crippen molar-refractivity contribution in [2.75, 3.05) is 6.24 Å². The third-order valence-corrected chi connectivity index (χ3v) is 17.4. The van der Waals surface area contributed by atoms with Crippen LogP contribution in [-0.4, -0.2) is 45.4 Å². The first-order valence-corrected chi connectivity index (χ1v) is 21.5. The van der Waals surface area contributed by atoms with E-state index in [1.165, 1.54) is 48.5 Å². The molecule has 0 saturated heterocycles. The molecule has 0 bridgehead atoms. The summed E-state index contributed by atoms with van der Waals surface area (Å²) in [5, 5.41) is 0. The van der Waals surface area contributed by atoms with Crippen LogP contribution in [-0.2, 0) is 20.0 Å². The topological polar surface area (TPSA) is 204 Å². The number of hydrogen-bond donors (Lipinski definition) is 4. The summed E-state index contributed by atoms with van der Waals surface area (Å²) in [6.45, 7) is 0. The van der Waals surface area contributed by atoms with Crippen molar-refractivity contribution in [2.45, 2.75) is 9.79 Å². The second-order valence-electron chi connectivity index (χ2n) is 6.52. The molecule has 3 rings (SSSR count). The fraction of sp³-hybridized carbons (Fsp3) is 0. The van der Waals surface area contributed by atoms with E-state index < -0.39 is 48.6 Å². The summed E-state index contributed by atoms with van der Waals surface area (Å²) in [6.07, 6.45) is 3.30. The molecule has 0 amide bonds. The van der Waals surface area contributed by atoms with Crippen molar-refractivity contribution in [1.29, 1.82) is 0 Å². The number of nitrogens with zero attached hydrogens (tertiary/aromatic N) is 4. The Morgan fingerprint density at radius 2 is 0.970 bits per heavy atom. The van der Waals surface area contributed by atoms with Crippen LogP contribution in [0.25, 0.3) is 0 Å². The molecular weight excluding hydrogens is 622 g/mol. The van der Waals surface area contributed by atoms with Crippen LogP contribution < -0.4 is 29.2 Å². The Labute approximate surface area is 202 Å². The molecule has 0 spiro atoms. The Morgan fingerprint density at radius 1 is 0.667 bits per heavy atom. The van der Waals surface area contributed by atoms with Gasteiger partial charge in [-0.05, 0) is 0 Å². The standard InChI is InChI=1S/C16H18N8O4S2.2ClH.Sn/c17-15(18)23-29(25,26)13-5-1-11(2-6-13)21-9-10-22-12-3-7-14(8-4-12)30(27,28)24-16(19)20;;;/h1-10H,(H4,17,18,23)(H4,19,20,24);2*1H;/q-2;;;+4/p-2. The van der Waals surface area contributed by atoms with Gasteiger partial charge in [-0.25, -0.2) is 0 Å². The quantitative estimate of drug-likeness (QED) is 0.194. The van der Waals surface area contributed by atoms with Crippen LogP contribution in [0.5, 0.6) is 0 Å². The van der Waals surface area contributed by atoms with Gasteiger partial charge >= 0.3 is 203 Å². The Hall–Kier alpha value is -2.40. The van der Waals surface area contributed by atoms with Gasteiger partial charge < -0.3 is 0 Å². The van der Waals surface area contributed by atoms with E-state index in [4.69, 9.17) is 40.8 Å².